The minimum absolute atomic E-state index is 0.0833. The highest BCUT2D eigenvalue weighted by Crippen LogP contribution is 2.46. The van der Waals surface area contributed by atoms with Crippen molar-refractivity contribution in [2.45, 2.75) is 32.2 Å². The maximum Gasteiger partial charge on any atom is 0.307 e. The maximum atomic E-state index is 10.6. The fourth-order valence-corrected chi connectivity index (χ4v) is 1.51. The first-order chi connectivity index (χ1) is 6.59. The molecule has 0 aromatic carbocycles. The molecule has 5 heteroatoms. The molecule has 1 N–H and O–H groups in total. The van der Waals surface area contributed by atoms with Crippen LogP contribution in [0, 0.1) is 5.92 Å². The number of hydrogen-bond acceptors (Lipinski definition) is 3. The Balaban J connectivity index is 2.09. The third-order valence-corrected chi connectivity index (χ3v) is 2.54. The largest absolute Gasteiger partial charge is 0.481 e. The molecule has 5 nitrogen and oxygen atoms in total. The molecule has 2 unspecified atom stereocenters. The Labute approximate surface area is 81.7 Å². The standard InChI is InChI=1S/C9H13N3O2/c1-5(2)12-4-8(10-11-12)6-3-7(6)9(13)14/h4-7H,3H2,1-2H3,(H,13,14). The first-order valence-corrected chi connectivity index (χ1v) is 4.74. The molecule has 2 atom stereocenters. The lowest BCUT2D eigenvalue weighted by Gasteiger charge is -2.00. The number of aromatic nitrogens is 3. The monoisotopic (exact) mass is 195 g/mol. The van der Waals surface area contributed by atoms with E-state index in [1.807, 2.05) is 20.0 Å². The zero-order valence-corrected chi connectivity index (χ0v) is 8.21. The van der Waals surface area contributed by atoms with Crippen LogP contribution in [-0.2, 0) is 4.79 Å². The van der Waals surface area contributed by atoms with E-state index in [2.05, 4.69) is 10.3 Å². The van der Waals surface area contributed by atoms with Crippen molar-refractivity contribution in [1.29, 1.82) is 0 Å². The number of carboxylic acids is 1. The van der Waals surface area contributed by atoms with Gasteiger partial charge in [0.2, 0.25) is 0 Å². The van der Waals surface area contributed by atoms with Crippen molar-refractivity contribution < 1.29 is 9.90 Å². The molecule has 1 heterocycles. The zero-order chi connectivity index (χ0) is 10.3. The van der Waals surface area contributed by atoms with E-state index in [0.29, 0.717) is 6.42 Å². The Morgan fingerprint density at radius 1 is 1.71 bits per heavy atom. The number of hydrogen-bond donors (Lipinski definition) is 1. The van der Waals surface area contributed by atoms with Crippen LogP contribution in [0.4, 0.5) is 0 Å². The highest BCUT2D eigenvalue weighted by atomic mass is 16.4. The summed E-state index contributed by atoms with van der Waals surface area (Å²) < 4.78 is 1.76. The minimum atomic E-state index is -0.728. The molecule has 0 radical (unpaired) electrons. The van der Waals surface area contributed by atoms with Gasteiger partial charge in [-0.05, 0) is 20.3 Å². The molecule has 1 aromatic rings. The first kappa shape index (κ1) is 9.18. The number of aliphatic carboxylic acids is 1. The molecule has 76 valence electrons. The maximum absolute atomic E-state index is 10.6. The van der Waals surface area contributed by atoms with E-state index in [0.717, 1.165) is 5.69 Å². The third kappa shape index (κ3) is 1.49. The summed E-state index contributed by atoms with van der Waals surface area (Å²) in [6.45, 7) is 4.03. The van der Waals surface area contributed by atoms with Gasteiger partial charge in [-0.1, -0.05) is 5.21 Å². The van der Waals surface area contributed by atoms with E-state index in [4.69, 9.17) is 5.11 Å². The van der Waals surface area contributed by atoms with Gasteiger partial charge in [-0.15, -0.1) is 5.10 Å². The molecule has 1 aliphatic rings. The van der Waals surface area contributed by atoms with Gasteiger partial charge in [-0.25, -0.2) is 4.68 Å². The Bertz CT molecular complexity index is 359. The second-order valence-corrected chi connectivity index (χ2v) is 4.00. The van der Waals surface area contributed by atoms with E-state index in [9.17, 15) is 4.79 Å². The Morgan fingerprint density at radius 2 is 2.43 bits per heavy atom. The molecule has 14 heavy (non-hydrogen) atoms. The molecule has 1 saturated carbocycles. The molecule has 0 saturated heterocycles. The fourth-order valence-electron chi connectivity index (χ4n) is 1.51. The van der Waals surface area contributed by atoms with Crippen molar-refractivity contribution in [3.63, 3.8) is 0 Å². The molecule has 1 aromatic heterocycles. The van der Waals surface area contributed by atoms with Gasteiger partial charge < -0.3 is 5.11 Å². The number of carboxylic acid groups (broad SMARTS) is 1. The Kier molecular flexibility index (Phi) is 2.02. The number of rotatable bonds is 3. The predicted molar refractivity (Wildman–Crippen MR) is 48.9 cm³/mol. The van der Waals surface area contributed by atoms with Crippen LogP contribution in [0.2, 0.25) is 0 Å². The first-order valence-electron chi connectivity index (χ1n) is 4.74. The molecule has 0 amide bonds. The van der Waals surface area contributed by atoms with Gasteiger partial charge in [0.25, 0.3) is 0 Å². The van der Waals surface area contributed by atoms with Gasteiger partial charge in [0.1, 0.15) is 0 Å². The van der Waals surface area contributed by atoms with E-state index >= 15 is 0 Å². The summed E-state index contributed by atoms with van der Waals surface area (Å²) in [6.07, 6.45) is 2.55. The molecule has 1 fully saturated rings. The molecule has 1 aliphatic carbocycles. The molecule has 0 bridgehead atoms. The van der Waals surface area contributed by atoms with Crippen LogP contribution in [0.15, 0.2) is 6.20 Å². The second kappa shape index (κ2) is 3.08. The van der Waals surface area contributed by atoms with Gasteiger partial charge >= 0.3 is 5.97 Å². The lowest BCUT2D eigenvalue weighted by atomic mass is 10.2. The Hall–Kier alpha value is -1.39. The summed E-state index contributed by atoms with van der Waals surface area (Å²) in [7, 11) is 0. The van der Waals surface area contributed by atoms with E-state index in [1.165, 1.54) is 0 Å². The minimum Gasteiger partial charge on any atom is -0.481 e. The van der Waals surface area contributed by atoms with Gasteiger partial charge in [0.05, 0.1) is 11.6 Å². The van der Waals surface area contributed by atoms with Crippen molar-refractivity contribution in [3.05, 3.63) is 11.9 Å². The van der Waals surface area contributed by atoms with Crippen LogP contribution in [0.25, 0.3) is 0 Å². The lowest BCUT2D eigenvalue weighted by Crippen LogP contribution is -2.00. The molecule has 2 rings (SSSR count). The van der Waals surface area contributed by atoms with Gasteiger partial charge in [0, 0.05) is 18.2 Å². The van der Waals surface area contributed by atoms with Crippen LogP contribution >= 0.6 is 0 Å². The average molecular weight is 195 g/mol. The average Bonchev–Trinajstić information content (AvgIpc) is 2.76. The normalized spacial score (nSPS) is 25.4. The summed E-state index contributed by atoms with van der Waals surface area (Å²) in [5.41, 5.74) is 0.811. The SMILES string of the molecule is CC(C)n1cc(C2CC2C(=O)O)nn1. The molecule has 0 aliphatic heterocycles. The van der Waals surface area contributed by atoms with Gasteiger partial charge in [-0.2, -0.15) is 0 Å². The summed E-state index contributed by atoms with van der Waals surface area (Å²) in [4.78, 5) is 10.6. The summed E-state index contributed by atoms with van der Waals surface area (Å²) in [5, 5.41) is 16.7. The smallest absolute Gasteiger partial charge is 0.307 e. The third-order valence-electron chi connectivity index (χ3n) is 2.54. The topological polar surface area (TPSA) is 68.0 Å². The summed E-state index contributed by atoms with van der Waals surface area (Å²) in [5.74, 6) is -0.888. The van der Waals surface area contributed by atoms with Crippen molar-refractivity contribution >= 4 is 5.97 Å². The highest BCUT2D eigenvalue weighted by Gasteiger charge is 2.46. The molecular weight excluding hydrogens is 182 g/mol. The van der Waals surface area contributed by atoms with E-state index in [1.54, 1.807) is 4.68 Å². The Morgan fingerprint density at radius 3 is 2.86 bits per heavy atom. The van der Waals surface area contributed by atoms with Crippen LogP contribution in [0.5, 0.6) is 0 Å². The van der Waals surface area contributed by atoms with E-state index < -0.39 is 5.97 Å². The summed E-state index contributed by atoms with van der Waals surface area (Å²) in [6, 6.07) is 0.276. The lowest BCUT2D eigenvalue weighted by molar-refractivity contribution is -0.138. The van der Waals surface area contributed by atoms with Gasteiger partial charge in [-0.3, -0.25) is 4.79 Å². The fraction of sp³-hybridized carbons (Fsp3) is 0.667. The van der Waals surface area contributed by atoms with Crippen LogP contribution < -0.4 is 0 Å². The van der Waals surface area contributed by atoms with Crippen molar-refractivity contribution in [2.24, 2.45) is 5.92 Å². The van der Waals surface area contributed by atoms with E-state index in [-0.39, 0.29) is 17.9 Å². The van der Waals surface area contributed by atoms with Crippen molar-refractivity contribution in [2.75, 3.05) is 0 Å². The number of carbonyl (C=O) groups is 1. The second-order valence-electron chi connectivity index (χ2n) is 4.00. The van der Waals surface area contributed by atoms with Crippen LogP contribution in [0.3, 0.4) is 0 Å². The van der Waals surface area contributed by atoms with Crippen molar-refractivity contribution in [3.8, 4) is 0 Å². The molecular formula is C9H13N3O2. The van der Waals surface area contributed by atoms with Crippen LogP contribution in [0.1, 0.15) is 37.9 Å². The molecule has 0 spiro atoms. The zero-order valence-electron chi connectivity index (χ0n) is 8.21. The number of nitrogens with zero attached hydrogens (tertiary/aromatic N) is 3. The highest BCUT2D eigenvalue weighted by molar-refractivity contribution is 5.74. The summed E-state index contributed by atoms with van der Waals surface area (Å²) >= 11 is 0. The van der Waals surface area contributed by atoms with Gasteiger partial charge in [0.15, 0.2) is 0 Å². The predicted octanol–water partition coefficient (Wildman–Crippen LogP) is 1.05. The quantitative estimate of drug-likeness (QED) is 0.782. The van der Waals surface area contributed by atoms with Crippen LogP contribution in [-0.4, -0.2) is 26.1 Å². The van der Waals surface area contributed by atoms with Crippen molar-refractivity contribution in [1.82, 2.24) is 15.0 Å².